The molecule has 0 aliphatic heterocycles. The van der Waals surface area contributed by atoms with Crippen molar-refractivity contribution in [3.05, 3.63) is 27.1 Å². The van der Waals surface area contributed by atoms with Gasteiger partial charge in [0.1, 0.15) is 5.82 Å². The van der Waals surface area contributed by atoms with Crippen molar-refractivity contribution in [1.29, 1.82) is 0 Å². The zero-order valence-electron chi connectivity index (χ0n) is 12.0. The highest BCUT2D eigenvalue weighted by atomic mass is 79.9. The molecule has 0 spiro atoms. The van der Waals surface area contributed by atoms with Crippen LogP contribution < -0.4 is 5.73 Å². The van der Waals surface area contributed by atoms with E-state index in [1.807, 2.05) is 23.2 Å². The summed E-state index contributed by atoms with van der Waals surface area (Å²) in [5.41, 5.74) is 10.4. The molecule has 2 aromatic heterocycles. The monoisotopic (exact) mass is 325 g/mol. The number of nitrogens with two attached hydrogens (primary N) is 1. The third-order valence-electron chi connectivity index (χ3n) is 3.57. The van der Waals surface area contributed by atoms with Crippen molar-refractivity contribution >= 4 is 21.7 Å². The van der Waals surface area contributed by atoms with E-state index in [9.17, 15) is 0 Å². The standard InChI is InChI=1S/C13H20BrN5/c1-6-18-9(4)11(7(2)16-18)10(5)19-13(15)12(14)8(3)17-19/h10H,6,15H2,1-5H3. The maximum absolute atomic E-state index is 6.11. The molecule has 1 unspecified atom stereocenters. The summed E-state index contributed by atoms with van der Waals surface area (Å²) in [5.74, 6) is 0.660. The Morgan fingerprint density at radius 2 is 1.84 bits per heavy atom. The van der Waals surface area contributed by atoms with E-state index in [4.69, 9.17) is 5.73 Å². The average Bonchev–Trinajstić information content (AvgIpc) is 2.80. The lowest BCUT2D eigenvalue weighted by Crippen LogP contribution is -2.13. The van der Waals surface area contributed by atoms with Gasteiger partial charge in [-0.05, 0) is 50.5 Å². The largest absolute Gasteiger partial charge is 0.383 e. The van der Waals surface area contributed by atoms with Gasteiger partial charge in [-0.25, -0.2) is 4.68 Å². The Morgan fingerprint density at radius 1 is 1.21 bits per heavy atom. The summed E-state index contributed by atoms with van der Waals surface area (Å²) in [6, 6.07) is 0.0744. The van der Waals surface area contributed by atoms with E-state index in [2.05, 4.69) is 46.9 Å². The van der Waals surface area contributed by atoms with Crippen LogP contribution in [0.4, 0.5) is 5.82 Å². The van der Waals surface area contributed by atoms with Gasteiger partial charge in [0, 0.05) is 17.8 Å². The number of hydrogen-bond acceptors (Lipinski definition) is 3. The topological polar surface area (TPSA) is 61.7 Å². The van der Waals surface area contributed by atoms with E-state index in [0.29, 0.717) is 5.82 Å². The third kappa shape index (κ3) is 2.18. The van der Waals surface area contributed by atoms with Gasteiger partial charge >= 0.3 is 0 Å². The fraction of sp³-hybridized carbons (Fsp3) is 0.538. The summed E-state index contributed by atoms with van der Waals surface area (Å²) in [7, 11) is 0. The first kappa shape index (κ1) is 14.1. The minimum absolute atomic E-state index is 0.0744. The molecule has 104 valence electrons. The Balaban J connectivity index is 2.52. The minimum Gasteiger partial charge on any atom is -0.383 e. The van der Waals surface area contributed by atoms with E-state index in [0.717, 1.165) is 22.4 Å². The SMILES string of the molecule is CCn1nc(C)c(C(C)n2nc(C)c(Br)c2N)c1C. The van der Waals surface area contributed by atoms with Gasteiger partial charge in [-0.2, -0.15) is 10.2 Å². The van der Waals surface area contributed by atoms with Gasteiger partial charge in [-0.15, -0.1) is 0 Å². The molecule has 0 bridgehead atoms. The highest BCUT2D eigenvalue weighted by Gasteiger charge is 2.22. The molecular formula is C13H20BrN5. The molecule has 5 nitrogen and oxygen atoms in total. The van der Waals surface area contributed by atoms with Gasteiger partial charge in [-0.1, -0.05) is 0 Å². The van der Waals surface area contributed by atoms with Gasteiger partial charge < -0.3 is 5.73 Å². The van der Waals surface area contributed by atoms with Crippen LogP contribution >= 0.6 is 15.9 Å². The predicted molar refractivity (Wildman–Crippen MR) is 80.3 cm³/mol. The van der Waals surface area contributed by atoms with Crippen molar-refractivity contribution in [3.8, 4) is 0 Å². The zero-order valence-corrected chi connectivity index (χ0v) is 13.6. The Kier molecular flexibility index (Phi) is 3.71. The molecule has 0 saturated carbocycles. The Bertz CT molecular complexity index is 611. The first-order valence-electron chi connectivity index (χ1n) is 6.42. The van der Waals surface area contributed by atoms with Gasteiger partial charge in [0.25, 0.3) is 0 Å². The summed E-state index contributed by atoms with van der Waals surface area (Å²) in [5, 5.41) is 9.07. The lowest BCUT2D eigenvalue weighted by atomic mass is 10.1. The number of hydrogen-bond donors (Lipinski definition) is 1. The van der Waals surface area contributed by atoms with Crippen molar-refractivity contribution in [3.63, 3.8) is 0 Å². The second-order valence-electron chi connectivity index (χ2n) is 4.81. The van der Waals surface area contributed by atoms with Gasteiger partial charge in [0.05, 0.1) is 21.9 Å². The lowest BCUT2D eigenvalue weighted by Gasteiger charge is -2.15. The number of nitrogens with zero attached hydrogens (tertiary/aromatic N) is 4. The van der Waals surface area contributed by atoms with Crippen molar-refractivity contribution < 1.29 is 0 Å². The number of anilines is 1. The summed E-state index contributed by atoms with van der Waals surface area (Å²) < 4.78 is 4.75. The highest BCUT2D eigenvalue weighted by Crippen LogP contribution is 2.31. The Labute approximate surface area is 121 Å². The van der Waals surface area contributed by atoms with Crippen LogP contribution in [-0.4, -0.2) is 19.6 Å². The number of aromatic nitrogens is 4. The van der Waals surface area contributed by atoms with Gasteiger partial charge in [0.15, 0.2) is 0 Å². The van der Waals surface area contributed by atoms with Crippen molar-refractivity contribution in [1.82, 2.24) is 19.6 Å². The van der Waals surface area contributed by atoms with E-state index < -0.39 is 0 Å². The summed E-state index contributed by atoms with van der Waals surface area (Å²) in [6.07, 6.45) is 0. The first-order chi connectivity index (χ1) is 8.88. The number of aryl methyl sites for hydroxylation is 3. The number of rotatable bonds is 3. The van der Waals surface area contributed by atoms with Crippen LogP contribution in [0, 0.1) is 20.8 Å². The predicted octanol–water partition coefficient (Wildman–Crippen LogP) is 2.98. The molecule has 0 aliphatic rings. The molecule has 2 rings (SSSR count). The Morgan fingerprint density at radius 3 is 2.26 bits per heavy atom. The fourth-order valence-corrected chi connectivity index (χ4v) is 2.85. The van der Waals surface area contributed by atoms with Crippen molar-refractivity contribution in [2.75, 3.05) is 5.73 Å². The van der Waals surface area contributed by atoms with Crippen LogP contribution in [0.5, 0.6) is 0 Å². The molecule has 6 heteroatoms. The minimum atomic E-state index is 0.0744. The molecule has 0 amide bonds. The molecule has 0 aromatic carbocycles. The van der Waals surface area contributed by atoms with Crippen LogP contribution in [0.1, 0.15) is 42.5 Å². The highest BCUT2D eigenvalue weighted by molar-refractivity contribution is 9.10. The molecule has 0 saturated heterocycles. The summed E-state index contributed by atoms with van der Waals surface area (Å²) >= 11 is 3.47. The van der Waals surface area contributed by atoms with Gasteiger partial charge in [-0.3, -0.25) is 4.68 Å². The van der Waals surface area contributed by atoms with Crippen molar-refractivity contribution in [2.24, 2.45) is 0 Å². The maximum Gasteiger partial charge on any atom is 0.137 e. The normalized spacial score (nSPS) is 12.9. The van der Waals surface area contributed by atoms with Crippen LogP contribution in [0.3, 0.4) is 0 Å². The second-order valence-corrected chi connectivity index (χ2v) is 5.60. The average molecular weight is 326 g/mol. The molecule has 0 fully saturated rings. The molecule has 19 heavy (non-hydrogen) atoms. The van der Waals surface area contributed by atoms with Crippen LogP contribution in [0.25, 0.3) is 0 Å². The van der Waals surface area contributed by atoms with Crippen LogP contribution in [0.2, 0.25) is 0 Å². The van der Waals surface area contributed by atoms with E-state index in [1.54, 1.807) is 0 Å². The molecule has 0 radical (unpaired) electrons. The Hall–Kier alpha value is -1.30. The summed E-state index contributed by atoms with van der Waals surface area (Å²) in [4.78, 5) is 0. The van der Waals surface area contributed by atoms with E-state index in [-0.39, 0.29) is 6.04 Å². The fourth-order valence-electron chi connectivity index (χ4n) is 2.59. The van der Waals surface area contributed by atoms with E-state index in [1.165, 1.54) is 11.3 Å². The smallest absolute Gasteiger partial charge is 0.137 e. The maximum atomic E-state index is 6.11. The van der Waals surface area contributed by atoms with Crippen molar-refractivity contribution in [2.45, 2.75) is 47.2 Å². The molecule has 2 heterocycles. The summed E-state index contributed by atoms with van der Waals surface area (Å²) in [6.45, 7) is 11.1. The molecule has 2 N–H and O–H groups in total. The van der Waals surface area contributed by atoms with E-state index >= 15 is 0 Å². The number of nitrogen functional groups attached to an aromatic ring is 1. The molecule has 0 aliphatic carbocycles. The number of halogens is 1. The molecular weight excluding hydrogens is 306 g/mol. The van der Waals surface area contributed by atoms with Crippen LogP contribution in [-0.2, 0) is 6.54 Å². The first-order valence-corrected chi connectivity index (χ1v) is 7.21. The molecule has 1 atom stereocenters. The quantitative estimate of drug-likeness (QED) is 0.943. The van der Waals surface area contributed by atoms with Gasteiger partial charge in [0.2, 0.25) is 0 Å². The van der Waals surface area contributed by atoms with Crippen LogP contribution in [0.15, 0.2) is 4.47 Å². The zero-order chi connectivity index (χ0) is 14.3. The molecule has 2 aromatic rings. The second kappa shape index (κ2) is 5.00. The lowest BCUT2D eigenvalue weighted by molar-refractivity contribution is 0.561. The third-order valence-corrected chi connectivity index (χ3v) is 4.55.